The number of aromatic nitrogens is 3. The van der Waals surface area contributed by atoms with E-state index in [2.05, 4.69) is 10.2 Å². The Bertz CT molecular complexity index is 1200. The Hall–Kier alpha value is -2.77. The van der Waals surface area contributed by atoms with Gasteiger partial charge in [-0.25, -0.2) is 0 Å². The molecule has 3 aromatic carbocycles. The van der Waals surface area contributed by atoms with Crippen molar-refractivity contribution in [1.29, 1.82) is 0 Å². The number of aryl methyl sites for hydroxylation is 1. The molecule has 0 saturated carbocycles. The van der Waals surface area contributed by atoms with Crippen LogP contribution in [0.2, 0.25) is 5.02 Å². The summed E-state index contributed by atoms with van der Waals surface area (Å²) in [7, 11) is 0. The first kappa shape index (κ1) is 21.5. The molecule has 4 aromatic rings. The van der Waals surface area contributed by atoms with Gasteiger partial charge in [0.05, 0.1) is 5.56 Å². The Morgan fingerprint density at radius 3 is 2.39 bits per heavy atom. The summed E-state index contributed by atoms with van der Waals surface area (Å²) in [6.07, 6.45) is -4.37. The quantitative estimate of drug-likeness (QED) is 0.295. The first-order valence-electron chi connectivity index (χ1n) is 9.38. The van der Waals surface area contributed by atoms with Crippen molar-refractivity contribution in [2.45, 2.75) is 24.0 Å². The van der Waals surface area contributed by atoms with Gasteiger partial charge in [0.15, 0.2) is 11.0 Å². The number of halogens is 4. The van der Waals surface area contributed by atoms with Gasteiger partial charge in [-0.1, -0.05) is 53.7 Å². The molecule has 8 heteroatoms. The van der Waals surface area contributed by atoms with Crippen molar-refractivity contribution >= 4 is 23.4 Å². The van der Waals surface area contributed by atoms with Crippen molar-refractivity contribution in [1.82, 2.24) is 14.8 Å². The van der Waals surface area contributed by atoms with E-state index in [9.17, 15) is 13.2 Å². The van der Waals surface area contributed by atoms with Crippen molar-refractivity contribution in [2.75, 3.05) is 0 Å². The number of rotatable bonds is 5. The van der Waals surface area contributed by atoms with E-state index in [1.807, 2.05) is 47.9 Å². The molecule has 0 bridgehead atoms. The summed E-state index contributed by atoms with van der Waals surface area (Å²) in [6, 6.07) is 20.5. The van der Waals surface area contributed by atoms with E-state index in [4.69, 9.17) is 11.6 Å². The fraction of sp³-hybridized carbons (Fsp3) is 0.130. The van der Waals surface area contributed by atoms with E-state index in [1.54, 1.807) is 18.2 Å². The molecule has 3 nitrogen and oxygen atoms in total. The molecular weight excluding hydrogens is 443 g/mol. The Balaban J connectivity index is 1.70. The van der Waals surface area contributed by atoms with Crippen LogP contribution in [0.4, 0.5) is 13.2 Å². The molecule has 0 amide bonds. The molecule has 0 spiro atoms. The minimum Gasteiger partial charge on any atom is -0.270 e. The molecule has 158 valence electrons. The smallest absolute Gasteiger partial charge is 0.270 e. The zero-order valence-corrected chi connectivity index (χ0v) is 18.0. The third kappa shape index (κ3) is 4.94. The average molecular weight is 460 g/mol. The van der Waals surface area contributed by atoms with Gasteiger partial charge < -0.3 is 0 Å². The van der Waals surface area contributed by atoms with Gasteiger partial charge in [0.25, 0.3) is 0 Å². The third-order valence-electron chi connectivity index (χ3n) is 4.62. The van der Waals surface area contributed by atoms with Gasteiger partial charge in [0.1, 0.15) is 0 Å². The minimum atomic E-state index is -4.37. The van der Waals surface area contributed by atoms with Crippen LogP contribution in [0.25, 0.3) is 17.1 Å². The van der Waals surface area contributed by atoms with Gasteiger partial charge in [-0.2, -0.15) is 13.2 Å². The monoisotopic (exact) mass is 459 g/mol. The second kappa shape index (κ2) is 8.77. The van der Waals surface area contributed by atoms with Crippen molar-refractivity contribution in [3.8, 4) is 17.1 Å². The van der Waals surface area contributed by atoms with Crippen LogP contribution in [0.5, 0.6) is 0 Å². The van der Waals surface area contributed by atoms with Crippen molar-refractivity contribution < 1.29 is 13.2 Å². The maximum Gasteiger partial charge on any atom is 0.416 e. The second-order valence-corrected chi connectivity index (χ2v) is 8.35. The highest BCUT2D eigenvalue weighted by Crippen LogP contribution is 2.33. The number of alkyl halides is 3. The minimum absolute atomic E-state index is 0.328. The van der Waals surface area contributed by atoms with Gasteiger partial charge in [-0.05, 0) is 60.5 Å². The number of thioether (sulfide) groups is 1. The van der Waals surface area contributed by atoms with E-state index in [1.165, 1.54) is 23.9 Å². The van der Waals surface area contributed by atoms with Gasteiger partial charge in [-0.3, -0.25) is 4.57 Å². The zero-order chi connectivity index (χ0) is 22.0. The van der Waals surface area contributed by atoms with E-state index in [0.29, 0.717) is 27.3 Å². The van der Waals surface area contributed by atoms with Crippen LogP contribution in [0.15, 0.2) is 78.0 Å². The molecule has 0 radical (unpaired) electrons. The molecule has 0 aliphatic carbocycles. The Morgan fingerprint density at radius 2 is 1.68 bits per heavy atom. The maximum absolute atomic E-state index is 13.0. The lowest BCUT2D eigenvalue weighted by Crippen LogP contribution is -2.05. The number of hydrogen-bond donors (Lipinski definition) is 0. The lowest BCUT2D eigenvalue weighted by Gasteiger charge is -2.12. The van der Waals surface area contributed by atoms with Crippen molar-refractivity contribution in [2.24, 2.45) is 0 Å². The van der Waals surface area contributed by atoms with Crippen LogP contribution in [-0.2, 0) is 11.9 Å². The maximum atomic E-state index is 13.0. The standard InChI is InChI=1S/C23H17ClF3N3S/c1-15-4-2-7-20(12-15)30-21(17-8-10-19(24)11-9-17)28-29-22(30)31-14-16-5-3-6-18(13-16)23(25,26)27/h2-13H,14H2,1H3. The lowest BCUT2D eigenvalue weighted by molar-refractivity contribution is -0.137. The zero-order valence-electron chi connectivity index (χ0n) is 16.4. The van der Waals surface area contributed by atoms with E-state index in [-0.39, 0.29) is 0 Å². The molecule has 4 rings (SSSR count). The summed E-state index contributed by atoms with van der Waals surface area (Å²) in [5.74, 6) is 0.961. The molecule has 0 aliphatic heterocycles. The van der Waals surface area contributed by atoms with Gasteiger partial charge >= 0.3 is 6.18 Å². The molecule has 1 heterocycles. The Kier molecular flexibility index (Phi) is 6.07. The number of hydrogen-bond acceptors (Lipinski definition) is 3. The second-order valence-electron chi connectivity index (χ2n) is 6.97. The highest BCUT2D eigenvalue weighted by molar-refractivity contribution is 7.98. The number of benzene rings is 3. The largest absolute Gasteiger partial charge is 0.416 e. The normalized spacial score (nSPS) is 11.6. The molecule has 0 unspecified atom stereocenters. The van der Waals surface area contributed by atoms with Crippen LogP contribution in [0, 0.1) is 6.92 Å². The summed E-state index contributed by atoms with van der Waals surface area (Å²) in [6.45, 7) is 1.99. The molecule has 31 heavy (non-hydrogen) atoms. The first-order valence-corrected chi connectivity index (χ1v) is 10.7. The van der Waals surface area contributed by atoms with Crippen LogP contribution in [0.1, 0.15) is 16.7 Å². The Morgan fingerprint density at radius 1 is 0.935 bits per heavy atom. The predicted octanol–water partition coefficient (Wildman–Crippen LogP) is 7.21. The summed E-state index contributed by atoms with van der Waals surface area (Å²) in [5, 5.41) is 9.89. The van der Waals surface area contributed by atoms with Gasteiger partial charge in [-0.15, -0.1) is 10.2 Å². The van der Waals surface area contributed by atoms with Crippen LogP contribution >= 0.6 is 23.4 Å². The van der Waals surface area contributed by atoms with Crippen LogP contribution in [-0.4, -0.2) is 14.8 Å². The summed E-state index contributed by atoms with van der Waals surface area (Å²) >= 11 is 7.35. The molecule has 0 atom stereocenters. The van der Waals surface area contributed by atoms with E-state index >= 15 is 0 Å². The molecule has 0 aliphatic rings. The van der Waals surface area contributed by atoms with Gasteiger partial charge in [0.2, 0.25) is 0 Å². The molecule has 1 aromatic heterocycles. The highest BCUT2D eigenvalue weighted by Gasteiger charge is 2.30. The van der Waals surface area contributed by atoms with Crippen LogP contribution < -0.4 is 0 Å². The fourth-order valence-electron chi connectivity index (χ4n) is 3.13. The Labute approximate surface area is 186 Å². The predicted molar refractivity (Wildman–Crippen MR) is 118 cm³/mol. The highest BCUT2D eigenvalue weighted by atomic mass is 35.5. The lowest BCUT2D eigenvalue weighted by atomic mass is 10.1. The summed E-state index contributed by atoms with van der Waals surface area (Å²) in [5.41, 5.74) is 2.69. The first-order chi connectivity index (χ1) is 14.8. The number of nitrogens with zero attached hydrogens (tertiary/aromatic N) is 3. The van der Waals surface area contributed by atoms with Gasteiger partial charge in [0, 0.05) is 22.0 Å². The van der Waals surface area contributed by atoms with Crippen LogP contribution in [0.3, 0.4) is 0 Å². The fourth-order valence-corrected chi connectivity index (χ4v) is 4.16. The molecule has 0 saturated heterocycles. The topological polar surface area (TPSA) is 30.7 Å². The average Bonchev–Trinajstić information content (AvgIpc) is 3.16. The van der Waals surface area contributed by atoms with Crippen molar-refractivity contribution in [3.05, 3.63) is 94.5 Å². The third-order valence-corrected chi connectivity index (χ3v) is 5.87. The van der Waals surface area contributed by atoms with E-state index in [0.717, 1.165) is 22.9 Å². The van der Waals surface area contributed by atoms with E-state index < -0.39 is 11.7 Å². The SMILES string of the molecule is Cc1cccc(-n2c(SCc3cccc(C(F)(F)F)c3)nnc2-c2ccc(Cl)cc2)c1. The molecule has 0 N–H and O–H groups in total. The summed E-state index contributed by atoms with van der Waals surface area (Å²) < 4.78 is 41.0. The molecular formula is C23H17ClF3N3S. The summed E-state index contributed by atoms with van der Waals surface area (Å²) in [4.78, 5) is 0. The van der Waals surface area contributed by atoms with Crippen molar-refractivity contribution in [3.63, 3.8) is 0 Å². The molecule has 0 fully saturated rings.